The number of ether oxygens (including phenoxy) is 1. The first kappa shape index (κ1) is 23.6. The van der Waals surface area contributed by atoms with Crippen molar-refractivity contribution in [3.05, 3.63) is 54.1 Å². The number of nitrogens with one attached hydrogen (secondary N) is 2. The normalized spacial score (nSPS) is 13.4. The molecule has 2 aromatic carbocycles. The molecule has 0 spiro atoms. The van der Waals surface area contributed by atoms with Gasteiger partial charge in [-0.2, -0.15) is 0 Å². The van der Waals surface area contributed by atoms with Gasteiger partial charge in [-0.15, -0.1) is 10.2 Å². The summed E-state index contributed by atoms with van der Waals surface area (Å²) in [5.74, 6) is 1.28. The number of anilines is 2. The van der Waals surface area contributed by atoms with Crippen LogP contribution in [0.1, 0.15) is 29.6 Å². The van der Waals surface area contributed by atoms with Crippen molar-refractivity contribution in [2.24, 2.45) is 0 Å². The highest BCUT2D eigenvalue weighted by molar-refractivity contribution is 7.99. The highest BCUT2D eigenvalue weighted by Crippen LogP contribution is 2.32. The molecule has 3 aromatic rings. The van der Waals surface area contributed by atoms with E-state index in [1.807, 2.05) is 28.8 Å². The quantitative estimate of drug-likeness (QED) is 0.477. The average Bonchev–Trinajstić information content (AvgIpc) is 3.31. The number of hydrogen-bond acceptors (Lipinski definition) is 7. The molecule has 0 aliphatic carbocycles. The Morgan fingerprint density at radius 1 is 1.03 bits per heavy atom. The van der Waals surface area contributed by atoms with E-state index in [-0.39, 0.29) is 17.6 Å². The molecule has 2 heterocycles. The highest BCUT2D eigenvalue weighted by atomic mass is 32.2. The Morgan fingerprint density at radius 2 is 1.76 bits per heavy atom. The predicted octanol–water partition coefficient (Wildman–Crippen LogP) is 3.36. The number of amides is 2. The fourth-order valence-corrected chi connectivity index (χ4v) is 4.60. The van der Waals surface area contributed by atoms with Crippen LogP contribution in [0.4, 0.5) is 11.6 Å². The molecule has 1 aliphatic heterocycles. The van der Waals surface area contributed by atoms with E-state index in [9.17, 15) is 9.59 Å². The maximum atomic E-state index is 12.6. The number of nitrogens with zero attached hydrogens (tertiary/aromatic N) is 4. The molecule has 1 aliphatic rings. The molecular weight excluding hydrogens is 452 g/mol. The zero-order valence-corrected chi connectivity index (χ0v) is 20.1. The first-order chi connectivity index (χ1) is 16.6. The lowest BCUT2D eigenvalue weighted by Crippen LogP contribution is -2.31. The minimum atomic E-state index is -0.174. The molecule has 1 aromatic heterocycles. The molecule has 9 nitrogen and oxygen atoms in total. The van der Waals surface area contributed by atoms with E-state index in [1.54, 1.807) is 38.4 Å². The molecule has 4 rings (SSSR count). The molecule has 10 heteroatoms. The van der Waals surface area contributed by atoms with Crippen molar-refractivity contribution < 1.29 is 14.3 Å². The van der Waals surface area contributed by atoms with E-state index in [4.69, 9.17) is 4.74 Å². The molecule has 1 saturated heterocycles. The summed E-state index contributed by atoms with van der Waals surface area (Å²) in [6.45, 7) is 1.84. The minimum absolute atomic E-state index is 0.157. The average molecular weight is 481 g/mol. The van der Waals surface area contributed by atoms with Crippen molar-refractivity contribution >= 4 is 35.2 Å². The summed E-state index contributed by atoms with van der Waals surface area (Å²) >= 11 is 1.32. The van der Waals surface area contributed by atoms with Crippen molar-refractivity contribution in [1.29, 1.82) is 0 Å². The van der Waals surface area contributed by atoms with Gasteiger partial charge in [0.05, 0.1) is 18.6 Å². The number of para-hydroxylation sites is 2. The van der Waals surface area contributed by atoms with Crippen LogP contribution < -0.4 is 20.3 Å². The molecule has 2 N–H and O–H groups in total. The topological polar surface area (TPSA) is 101 Å². The van der Waals surface area contributed by atoms with E-state index in [2.05, 4.69) is 25.7 Å². The summed E-state index contributed by atoms with van der Waals surface area (Å²) in [4.78, 5) is 26.6. The number of hydrogen-bond donors (Lipinski definition) is 2. The van der Waals surface area contributed by atoms with Gasteiger partial charge in [-0.3, -0.25) is 14.2 Å². The lowest BCUT2D eigenvalue weighted by Gasteiger charge is -2.28. The van der Waals surface area contributed by atoms with Crippen LogP contribution in [0.5, 0.6) is 5.75 Å². The Bertz CT molecular complexity index is 1140. The lowest BCUT2D eigenvalue weighted by molar-refractivity contribution is -0.113. The van der Waals surface area contributed by atoms with Crippen LogP contribution in [0, 0.1) is 0 Å². The third kappa shape index (κ3) is 5.33. The second kappa shape index (κ2) is 11.1. The number of benzene rings is 2. The third-order valence-electron chi connectivity index (χ3n) is 5.57. The van der Waals surface area contributed by atoms with Gasteiger partial charge >= 0.3 is 0 Å². The summed E-state index contributed by atoms with van der Waals surface area (Å²) in [5, 5.41) is 15.0. The van der Waals surface area contributed by atoms with Gasteiger partial charge in [-0.1, -0.05) is 23.9 Å². The third-order valence-corrected chi connectivity index (χ3v) is 6.50. The number of methoxy groups -OCH3 is 1. The SMILES string of the molecule is CNC(=O)c1ccc(NC(=O)CSc2nnc(N3CCCCC3)n2-c2ccccc2OC)cc1. The van der Waals surface area contributed by atoms with Gasteiger partial charge in [0, 0.05) is 31.4 Å². The van der Waals surface area contributed by atoms with Crippen LogP contribution in [0.3, 0.4) is 0 Å². The molecule has 0 radical (unpaired) electrons. The highest BCUT2D eigenvalue weighted by Gasteiger charge is 2.23. The van der Waals surface area contributed by atoms with Crippen molar-refractivity contribution in [3.63, 3.8) is 0 Å². The zero-order chi connectivity index (χ0) is 23.9. The summed E-state index contributed by atoms with van der Waals surface area (Å²) in [6, 6.07) is 14.5. The smallest absolute Gasteiger partial charge is 0.251 e. The predicted molar refractivity (Wildman–Crippen MR) is 133 cm³/mol. The van der Waals surface area contributed by atoms with Crippen LogP contribution in [-0.4, -0.2) is 59.6 Å². The molecular formula is C24H28N6O3S. The van der Waals surface area contributed by atoms with Gasteiger partial charge in [0.2, 0.25) is 11.9 Å². The standard InChI is InChI=1S/C24H28N6O3S/c1-25-22(32)17-10-12-18(13-11-17)26-21(31)16-34-24-28-27-23(29-14-6-3-7-15-29)30(24)19-8-4-5-9-20(19)33-2/h4-5,8-13H,3,6-7,14-16H2,1-2H3,(H,25,32)(H,26,31). The Balaban J connectivity index is 1.52. The Hall–Kier alpha value is -3.53. The van der Waals surface area contributed by atoms with Crippen LogP contribution in [0.25, 0.3) is 5.69 Å². The van der Waals surface area contributed by atoms with Gasteiger partial charge in [0.15, 0.2) is 5.16 Å². The van der Waals surface area contributed by atoms with Crippen LogP contribution in [0.15, 0.2) is 53.7 Å². The van der Waals surface area contributed by atoms with Crippen molar-refractivity contribution in [2.75, 3.05) is 43.2 Å². The summed E-state index contributed by atoms with van der Waals surface area (Å²) in [7, 11) is 3.22. The molecule has 0 atom stereocenters. The fraction of sp³-hybridized carbons (Fsp3) is 0.333. The second-order valence-electron chi connectivity index (χ2n) is 7.83. The molecule has 0 unspecified atom stereocenters. The van der Waals surface area contributed by atoms with E-state index in [1.165, 1.54) is 18.2 Å². The summed E-state index contributed by atoms with van der Waals surface area (Å²) in [5.41, 5.74) is 1.99. The maximum absolute atomic E-state index is 12.6. The largest absolute Gasteiger partial charge is 0.495 e. The number of aromatic nitrogens is 3. The van der Waals surface area contributed by atoms with E-state index in [0.717, 1.165) is 37.6 Å². The summed E-state index contributed by atoms with van der Waals surface area (Å²) in [6.07, 6.45) is 3.44. The Morgan fingerprint density at radius 3 is 2.47 bits per heavy atom. The Kier molecular flexibility index (Phi) is 7.69. The maximum Gasteiger partial charge on any atom is 0.251 e. The summed E-state index contributed by atoms with van der Waals surface area (Å²) < 4.78 is 7.57. The monoisotopic (exact) mass is 480 g/mol. The lowest BCUT2D eigenvalue weighted by atomic mass is 10.1. The first-order valence-corrected chi connectivity index (χ1v) is 12.2. The van der Waals surface area contributed by atoms with Crippen molar-refractivity contribution in [3.8, 4) is 11.4 Å². The van der Waals surface area contributed by atoms with Crippen LogP contribution in [-0.2, 0) is 4.79 Å². The van der Waals surface area contributed by atoms with Crippen LogP contribution in [0.2, 0.25) is 0 Å². The van der Waals surface area contributed by atoms with Gasteiger partial charge in [0.25, 0.3) is 5.91 Å². The van der Waals surface area contributed by atoms with Crippen LogP contribution >= 0.6 is 11.8 Å². The number of piperidine rings is 1. The van der Waals surface area contributed by atoms with Crippen molar-refractivity contribution in [2.45, 2.75) is 24.4 Å². The van der Waals surface area contributed by atoms with E-state index >= 15 is 0 Å². The van der Waals surface area contributed by atoms with E-state index in [0.29, 0.717) is 22.2 Å². The first-order valence-electron chi connectivity index (χ1n) is 11.2. The van der Waals surface area contributed by atoms with Gasteiger partial charge in [0.1, 0.15) is 5.75 Å². The van der Waals surface area contributed by atoms with E-state index < -0.39 is 0 Å². The fourth-order valence-electron chi connectivity index (χ4n) is 3.86. The van der Waals surface area contributed by atoms with Crippen molar-refractivity contribution in [1.82, 2.24) is 20.1 Å². The Labute approximate surface area is 202 Å². The molecule has 1 fully saturated rings. The molecule has 178 valence electrons. The van der Waals surface area contributed by atoms with Gasteiger partial charge in [-0.25, -0.2) is 0 Å². The number of carbonyl (C=O) groups is 2. The minimum Gasteiger partial charge on any atom is -0.495 e. The molecule has 0 bridgehead atoms. The molecule has 2 amide bonds. The number of carbonyl (C=O) groups excluding carboxylic acids is 2. The van der Waals surface area contributed by atoms with Gasteiger partial charge < -0.3 is 20.3 Å². The zero-order valence-electron chi connectivity index (χ0n) is 19.3. The molecule has 34 heavy (non-hydrogen) atoms. The molecule has 0 saturated carbocycles. The number of thioether (sulfide) groups is 1. The second-order valence-corrected chi connectivity index (χ2v) is 8.77. The number of rotatable bonds is 8. The van der Waals surface area contributed by atoms with Gasteiger partial charge in [-0.05, 0) is 55.7 Å².